The molecule has 0 aromatic heterocycles. The summed E-state index contributed by atoms with van der Waals surface area (Å²) in [6, 6.07) is 7.83. The zero-order chi connectivity index (χ0) is 15.9. The highest BCUT2D eigenvalue weighted by Gasteiger charge is 2.16. The Morgan fingerprint density at radius 1 is 1.45 bits per heavy atom. The second kappa shape index (κ2) is 8.53. The van der Waals surface area contributed by atoms with Gasteiger partial charge in [0.2, 0.25) is 0 Å². The topological polar surface area (TPSA) is 44.4 Å². The highest BCUT2D eigenvalue weighted by molar-refractivity contribution is 9.10. The second-order valence-electron chi connectivity index (χ2n) is 6.19. The first-order chi connectivity index (χ1) is 10.6. The lowest BCUT2D eigenvalue weighted by molar-refractivity contribution is 0.183. The molecule has 1 fully saturated rings. The van der Waals surface area contributed by atoms with E-state index in [4.69, 9.17) is 0 Å². The molecule has 2 unspecified atom stereocenters. The molecule has 0 spiro atoms. The van der Waals surface area contributed by atoms with Crippen molar-refractivity contribution in [2.24, 2.45) is 5.92 Å². The number of hydrogen-bond acceptors (Lipinski definition) is 2. The number of urea groups is 1. The lowest BCUT2D eigenvalue weighted by atomic mass is 10.0. The normalized spacial score (nSPS) is 20.4. The molecular weight excluding hydrogens is 342 g/mol. The monoisotopic (exact) mass is 367 g/mol. The van der Waals surface area contributed by atoms with Crippen molar-refractivity contribution in [3.05, 3.63) is 34.3 Å². The van der Waals surface area contributed by atoms with Gasteiger partial charge < -0.3 is 15.5 Å². The SMILES string of the molecule is CC1CCCN(CCNC(=O)NC(C)c2ccccc2Br)C1. The van der Waals surface area contributed by atoms with Gasteiger partial charge in [0.1, 0.15) is 0 Å². The molecule has 1 aliphatic heterocycles. The van der Waals surface area contributed by atoms with E-state index in [9.17, 15) is 4.79 Å². The number of halogens is 1. The lowest BCUT2D eigenvalue weighted by Gasteiger charge is -2.30. The summed E-state index contributed by atoms with van der Waals surface area (Å²) in [5.74, 6) is 0.776. The number of carbonyl (C=O) groups excluding carboxylic acids is 1. The van der Waals surface area contributed by atoms with Gasteiger partial charge in [-0.2, -0.15) is 0 Å². The maximum Gasteiger partial charge on any atom is 0.315 e. The zero-order valence-corrected chi connectivity index (χ0v) is 15.0. The molecule has 0 radical (unpaired) electrons. The van der Waals surface area contributed by atoms with E-state index in [1.54, 1.807) is 0 Å². The third kappa shape index (κ3) is 5.29. The maximum atomic E-state index is 12.0. The highest BCUT2D eigenvalue weighted by atomic mass is 79.9. The van der Waals surface area contributed by atoms with Crippen molar-refractivity contribution in [2.45, 2.75) is 32.7 Å². The number of piperidine rings is 1. The fourth-order valence-corrected chi connectivity index (χ4v) is 3.60. The van der Waals surface area contributed by atoms with Crippen molar-refractivity contribution >= 4 is 22.0 Å². The van der Waals surface area contributed by atoms with E-state index in [0.717, 1.165) is 35.6 Å². The Labute approximate surface area is 141 Å². The highest BCUT2D eigenvalue weighted by Crippen LogP contribution is 2.22. The molecule has 22 heavy (non-hydrogen) atoms. The van der Waals surface area contributed by atoms with Crippen LogP contribution in [0.4, 0.5) is 4.79 Å². The molecular formula is C17H26BrN3O. The summed E-state index contributed by atoms with van der Waals surface area (Å²) in [6.45, 7) is 8.22. The number of benzene rings is 1. The fraction of sp³-hybridized carbons (Fsp3) is 0.588. The molecule has 1 aromatic rings. The Morgan fingerprint density at radius 3 is 2.95 bits per heavy atom. The van der Waals surface area contributed by atoms with Crippen LogP contribution in [0.1, 0.15) is 38.3 Å². The Bertz CT molecular complexity index is 495. The summed E-state index contributed by atoms with van der Waals surface area (Å²) >= 11 is 3.52. The predicted molar refractivity (Wildman–Crippen MR) is 93.9 cm³/mol. The Kier molecular flexibility index (Phi) is 6.70. The van der Waals surface area contributed by atoms with Crippen LogP contribution in [0.15, 0.2) is 28.7 Å². The van der Waals surface area contributed by atoms with Crippen LogP contribution in [-0.4, -0.2) is 37.1 Å². The molecule has 2 atom stereocenters. The number of nitrogens with zero attached hydrogens (tertiary/aromatic N) is 1. The second-order valence-corrected chi connectivity index (χ2v) is 7.05. The fourth-order valence-electron chi connectivity index (χ4n) is 2.97. The zero-order valence-electron chi connectivity index (χ0n) is 13.4. The van der Waals surface area contributed by atoms with Crippen LogP contribution < -0.4 is 10.6 Å². The Hall–Kier alpha value is -1.07. The summed E-state index contributed by atoms with van der Waals surface area (Å²) in [6.07, 6.45) is 2.60. The molecule has 0 bridgehead atoms. The van der Waals surface area contributed by atoms with E-state index < -0.39 is 0 Å². The minimum atomic E-state index is -0.103. The van der Waals surface area contributed by atoms with E-state index in [-0.39, 0.29) is 12.1 Å². The summed E-state index contributed by atoms with van der Waals surface area (Å²) < 4.78 is 1.02. The van der Waals surface area contributed by atoms with Gasteiger partial charge in [-0.15, -0.1) is 0 Å². The Morgan fingerprint density at radius 2 is 2.23 bits per heavy atom. The van der Waals surface area contributed by atoms with Crippen molar-refractivity contribution in [1.82, 2.24) is 15.5 Å². The van der Waals surface area contributed by atoms with Crippen LogP contribution >= 0.6 is 15.9 Å². The minimum Gasteiger partial charge on any atom is -0.337 e. The van der Waals surface area contributed by atoms with Crippen LogP contribution in [0.2, 0.25) is 0 Å². The minimum absolute atomic E-state index is 0.0226. The summed E-state index contributed by atoms with van der Waals surface area (Å²) in [4.78, 5) is 14.4. The molecule has 0 aliphatic carbocycles. The molecule has 1 aliphatic rings. The van der Waals surface area contributed by atoms with Crippen molar-refractivity contribution in [3.63, 3.8) is 0 Å². The summed E-state index contributed by atoms with van der Waals surface area (Å²) in [5, 5.41) is 5.94. The van der Waals surface area contributed by atoms with E-state index in [1.807, 2.05) is 31.2 Å². The molecule has 2 rings (SSSR count). The lowest BCUT2D eigenvalue weighted by Crippen LogP contribution is -2.43. The Balaban J connectivity index is 1.70. The van der Waals surface area contributed by atoms with Crippen LogP contribution in [0, 0.1) is 5.92 Å². The third-order valence-electron chi connectivity index (χ3n) is 4.17. The van der Waals surface area contributed by atoms with Gasteiger partial charge in [0, 0.05) is 24.1 Å². The molecule has 4 nitrogen and oxygen atoms in total. The number of hydrogen-bond donors (Lipinski definition) is 2. The molecule has 0 saturated carbocycles. The summed E-state index contributed by atoms with van der Waals surface area (Å²) in [5.41, 5.74) is 1.09. The van der Waals surface area contributed by atoms with Crippen molar-refractivity contribution in [1.29, 1.82) is 0 Å². The van der Waals surface area contributed by atoms with E-state index in [1.165, 1.54) is 12.8 Å². The standard InChI is InChI=1S/C17H26BrN3O/c1-13-6-5-10-21(12-13)11-9-19-17(22)20-14(2)15-7-3-4-8-16(15)18/h3-4,7-8,13-14H,5-6,9-12H2,1-2H3,(H2,19,20,22). The average Bonchev–Trinajstić information content (AvgIpc) is 2.47. The van der Waals surface area contributed by atoms with Gasteiger partial charge in [-0.05, 0) is 43.9 Å². The van der Waals surface area contributed by atoms with Gasteiger partial charge in [0.25, 0.3) is 0 Å². The van der Waals surface area contributed by atoms with Gasteiger partial charge in [0.05, 0.1) is 6.04 Å². The smallest absolute Gasteiger partial charge is 0.315 e. The van der Waals surface area contributed by atoms with E-state index in [0.29, 0.717) is 6.54 Å². The van der Waals surface area contributed by atoms with Crippen LogP contribution in [-0.2, 0) is 0 Å². The first-order valence-corrected chi connectivity index (χ1v) is 8.86. The number of amides is 2. The van der Waals surface area contributed by atoms with E-state index >= 15 is 0 Å². The number of nitrogens with one attached hydrogen (secondary N) is 2. The van der Waals surface area contributed by atoms with Crippen molar-refractivity contribution < 1.29 is 4.79 Å². The van der Waals surface area contributed by atoms with Gasteiger partial charge in [-0.1, -0.05) is 41.1 Å². The molecule has 2 N–H and O–H groups in total. The number of rotatable bonds is 5. The van der Waals surface area contributed by atoms with Crippen LogP contribution in [0.25, 0.3) is 0 Å². The maximum absolute atomic E-state index is 12.0. The number of likely N-dealkylation sites (tertiary alicyclic amines) is 1. The van der Waals surface area contributed by atoms with Gasteiger partial charge in [-0.25, -0.2) is 4.79 Å². The quantitative estimate of drug-likeness (QED) is 0.835. The largest absolute Gasteiger partial charge is 0.337 e. The average molecular weight is 368 g/mol. The number of carbonyl (C=O) groups is 1. The van der Waals surface area contributed by atoms with E-state index in [2.05, 4.69) is 38.4 Å². The molecule has 1 heterocycles. The third-order valence-corrected chi connectivity index (χ3v) is 4.90. The molecule has 1 aromatic carbocycles. The van der Waals surface area contributed by atoms with Crippen LogP contribution in [0.3, 0.4) is 0 Å². The predicted octanol–water partition coefficient (Wildman–Crippen LogP) is 3.54. The van der Waals surface area contributed by atoms with Gasteiger partial charge in [-0.3, -0.25) is 0 Å². The first-order valence-electron chi connectivity index (χ1n) is 8.07. The van der Waals surface area contributed by atoms with Crippen molar-refractivity contribution in [2.75, 3.05) is 26.2 Å². The van der Waals surface area contributed by atoms with Crippen LogP contribution in [0.5, 0.6) is 0 Å². The first kappa shape index (κ1) is 17.3. The van der Waals surface area contributed by atoms with Gasteiger partial charge in [0.15, 0.2) is 0 Å². The molecule has 2 amide bonds. The molecule has 5 heteroatoms. The molecule has 1 saturated heterocycles. The molecule has 122 valence electrons. The van der Waals surface area contributed by atoms with Crippen molar-refractivity contribution in [3.8, 4) is 0 Å². The van der Waals surface area contributed by atoms with Gasteiger partial charge >= 0.3 is 6.03 Å². The summed E-state index contributed by atoms with van der Waals surface area (Å²) in [7, 11) is 0.